The lowest BCUT2D eigenvalue weighted by molar-refractivity contribution is -0.127. The molecular weight excluding hydrogens is 250 g/mol. The van der Waals surface area contributed by atoms with Crippen molar-refractivity contribution in [2.45, 2.75) is 39.2 Å². The van der Waals surface area contributed by atoms with Crippen molar-refractivity contribution in [1.29, 1.82) is 0 Å². The number of rotatable bonds is 7. The molecule has 1 atom stereocenters. The Morgan fingerprint density at radius 2 is 2.11 bits per heavy atom. The van der Waals surface area contributed by atoms with Crippen LogP contribution in [-0.4, -0.2) is 18.6 Å². The first-order chi connectivity index (χ1) is 8.65. The number of ether oxygens (including phenoxy) is 1. The van der Waals surface area contributed by atoms with Gasteiger partial charge in [0.05, 0.1) is 5.02 Å². The van der Waals surface area contributed by atoms with E-state index in [4.69, 9.17) is 16.3 Å². The Bertz CT molecular complexity index is 382. The topological polar surface area (TPSA) is 38.3 Å². The zero-order valence-corrected chi connectivity index (χ0v) is 11.7. The fourth-order valence-corrected chi connectivity index (χ4v) is 1.69. The maximum absolute atomic E-state index is 11.7. The van der Waals surface area contributed by atoms with E-state index in [9.17, 15) is 4.79 Å². The van der Waals surface area contributed by atoms with Crippen molar-refractivity contribution in [2.24, 2.45) is 0 Å². The van der Waals surface area contributed by atoms with Gasteiger partial charge in [-0.2, -0.15) is 0 Å². The normalized spacial score (nSPS) is 11.9. The summed E-state index contributed by atoms with van der Waals surface area (Å²) < 4.78 is 5.52. The Morgan fingerprint density at radius 3 is 2.78 bits per heavy atom. The third kappa shape index (κ3) is 4.96. The molecule has 0 saturated carbocycles. The van der Waals surface area contributed by atoms with E-state index < -0.39 is 6.10 Å². The SMILES string of the molecule is CCCCCNC(=O)[C@H](C)Oc1ccccc1Cl. The van der Waals surface area contributed by atoms with Gasteiger partial charge in [-0.15, -0.1) is 0 Å². The number of hydrogen-bond acceptors (Lipinski definition) is 2. The monoisotopic (exact) mass is 269 g/mol. The summed E-state index contributed by atoms with van der Waals surface area (Å²) in [6.45, 7) is 4.55. The van der Waals surface area contributed by atoms with Gasteiger partial charge in [0.2, 0.25) is 0 Å². The summed E-state index contributed by atoms with van der Waals surface area (Å²) in [6.07, 6.45) is 2.73. The van der Waals surface area contributed by atoms with E-state index in [-0.39, 0.29) is 5.91 Å². The van der Waals surface area contributed by atoms with Gasteiger partial charge in [-0.05, 0) is 25.5 Å². The second-order valence-corrected chi connectivity index (χ2v) is 4.60. The summed E-state index contributed by atoms with van der Waals surface area (Å²) in [5, 5.41) is 3.37. The van der Waals surface area contributed by atoms with Crippen LogP contribution in [0.15, 0.2) is 24.3 Å². The van der Waals surface area contributed by atoms with E-state index in [1.54, 1.807) is 19.1 Å². The summed E-state index contributed by atoms with van der Waals surface area (Å²) in [5.74, 6) is 0.432. The van der Waals surface area contributed by atoms with Crippen LogP contribution in [0.1, 0.15) is 33.1 Å². The summed E-state index contributed by atoms with van der Waals surface area (Å²) in [7, 11) is 0. The van der Waals surface area contributed by atoms with E-state index in [1.165, 1.54) is 0 Å². The first kappa shape index (κ1) is 14.8. The molecule has 0 heterocycles. The van der Waals surface area contributed by atoms with Crippen LogP contribution >= 0.6 is 11.6 Å². The Kier molecular flexibility index (Phi) is 6.58. The van der Waals surface area contributed by atoms with Gasteiger partial charge in [0.15, 0.2) is 6.10 Å². The van der Waals surface area contributed by atoms with Gasteiger partial charge >= 0.3 is 0 Å². The molecule has 1 aromatic rings. The minimum absolute atomic E-state index is 0.106. The summed E-state index contributed by atoms with van der Waals surface area (Å²) >= 11 is 5.96. The van der Waals surface area contributed by atoms with Crippen molar-refractivity contribution in [2.75, 3.05) is 6.54 Å². The molecular formula is C14H20ClNO2. The van der Waals surface area contributed by atoms with E-state index in [0.717, 1.165) is 19.3 Å². The average molecular weight is 270 g/mol. The molecule has 3 nitrogen and oxygen atoms in total. The lowest BCUT2D eigenvalue weighted by Crippen LogP contribution is -2.36. The molecule has 0 spiro atoms. The molecule has 0 unspecified atom stereocenters. The molecule has 0 aromatic heterocycles. The van der Waals surface area contributed by atoms with Crippen molar-refractivity contribution in [3.8, 4) is 5.75 Å². The summed E-state index contributed by atoms with van der Waals surface area (Å²) in [4.78, 5) is 11.7. The van der Waals surface area contributed by atoms with Gasteiger partial charge in [-0.1, -0.05) is 43.5 Å². The van der Waals surface area contributed by atoms with Crippen LogP contribution in [0.25, 0.3) is 0 Å². The Morgan fingerprint density at radius 1 is 1.39 bits per heavy atom. The highest BCUT2D eigenvalue weighted by Crippen LogP contribution is 2.24. The van der Waals surface area contributed by atoms with Crippen LogP contribution in [0.5, 0.6) is 5.75 Å². The van der Waals surface area contributed by atoms with Gasteiger partial charge in [-0.25, -0.2) is 0 Å². The molecule has 0 aliphatic rings. The molecule has 0 aliphatic carbocycles. The number of carbonyl (C=O) groups excluding carboxylic acids is 1. The predicted octanol–water partition coefficient (Wildman–Crippen LogP) is 3.41. The number of halogens is 1. The average Bonchev–Trinajstić information content (AvgIpc) is 2.37. The minimum Gasteiger partial charge on any atom is -0.479 e. The highest BCUT2D eigenvalue weighted by molar-refractivity contribution is 6.32. The zero-order valence-electron chi connectivity index (χ0n) is 10.9. The number of amides is 1. The minimum atomic E-state index is -0.536. The van der Waals surface area contributed by atoms with Crippen LogP contribution in [0.2, 0.25) is 5.02 Å². The number of benzene rings is 1. The van der Waals surface area contributed by atoms with Gasteiger partial charge in [-0.3, -0.25) is 4.79 Å². The van der Waals surface area contributed by atoms with Crippen LogP contribution in [0.4, 0.5) is 0 Å². The molecule has 0 radical (unpaired) electrons. The number of unbranched alkanes of at least 4 members (excludes halogenated alkanes) is 2. The lowest BCUT2D eigenvalue weighted by atomic mass is 10.2. The second-order valence-electron chi connectivity index (χ2n) is 4.19. The van der Waals surface area contributed by atoms with Crippen molar-refractivity contribution in [3.05, 3.63) is 29.3 Å². The smallest absolute Gasteiger partial charge is 0.260 e. The molecule has 0 bridgehead atoms. The Labute approximate surface area is 113 Å². The fourth-order valence-electron chi connectivity index (χ4n) is 1.51. The maximum Gasteiger partial charge on any atom is 0.260 e. The third-order valence-corrected chi connectivity index (χ3v) is 2.90. The van der Waals surface area contributed by atoms with Gasteiger partial charge in [0.25, 0.3) is 5.91 Å². The third-order valence-electron chi connectivity index (χ3n) is 2.59. The molecule has 0 aliphatic heterocycles. The molecule has 100 valence electrons. The van der Waals surface area contributed by atoms with E-state index in [1.807, 2.05) is 12.1 Å². The first-order valence-electron chi connectivity index (χ1n) is 6.34. The fraction of sp³-hybridized carbons (Fsp3) is 0.500. The first-order valence-corrected chi connectivity index (χ1v) is 6.71. The Balaban J connectivity index is 2.38. The molecule has 0 fully saturated rings. The maximum atomic E-state index is 11.7. The van der Waals surface area contributed by atoms with Crippen molar-refractivity contribution < 1.29 is 9.53 Å². The molecule has 1 rings (SSSR count). The largest absolute Gasteiger partial charge is 0.479 e. The van der Waals surface area contributed by atoms with Crippen molar-refractivity contribution >= 4 is 17.5 Å². The Hall–Kier alpha value is -1.22. The molecule has 1 aromatic carbocycles. The van der Waals surface area contributed by atoms with Crippen molar-refractivity contribution in [3.63, 3.8) is 0 Å². The quantitative estimate of drug-likeness (QED) is 0.771. The zero-order chi connectivity index (χ0) is 13.4. The van der Waals surface area contributed by atoms with E-state index in [0.29, 0.717) is 17.3 Å². The molecule has 1 amide bonds. The van der Waals surface area contributed by atoms with Crippen LogP contribution < -0.4 is 10.1 Å². The second kappa shape index (κ2) is 7.98. The summed E-state index contributed by atoms with van der Waals surface area (Å²) in [5.41, 5.74) is 0. The van der Waals surface area contributed by atoms with Crippen LogP contribution in [0.3, 0.4) is 0 Å². The van der Waals surface area contributed by atoms with Gasteiger partial charge < -0.3 is 10.1 Å². The lowest BCUT2D eigenvalue weighted by Gasteiger charge is -2.15. The molecule has 0 saturated heterocycles. The standard InChI is InChI=1S/C14H20ClNO2/c1-3-4-7-10-16-14(17)11(2)18-13-9-6-5-8-12(13)15/h5-6,8-9,11H,3-4,7,10H2,1-2H3,(H,16,17)/t11-/m0/s1. The molecule has 4 heteroatoms. The number of para-hydroxylation sites is 1. The van der Waals surface area contributed by atoms with E-state index >= 15 is 0 Å². The number of carbonyl (C=O) groups is 1. The highest BCUT2D eigenvalue weighted by Gasteiger charge is 2.14. The summed E-state index contributed by atoms with van der Waals surface area (Å²) in [6, 6.07) is 7.14. The molecule has 1 N–H and O–H groups in total. The van der Waals surface area contributed by atoms with Crippen LogP contribution in [0, 0.1) is 0 Å². The van der Waals surface area contributed by atoms with Gasteiger partial charge in [0, 0.05) is 6.54 Å². The number of hydrogen-bond donors (Lipinski definition) is 1. The molecule has 18 heavy (non-hydrogen) atoms. The predicted molar refractivity (Wildman–Crippen MR) is 74.1 cm³/mol. The van der Waals surface area contributed by atoms with Crippen molar-refractivity contribution in [1.82, 2.24) is 5.32 Å². The van der Waals surface area contributed by atoms with Gasteiger partial charge in [0.1, 0.15) is 5.75 Å². The highest BCUT2D eigenvalue weighted by atomic mass is 35.5. The van der Waals surface area contributed by atoms with Crippen LogP contribution in [-0.2, 0) is 4.79 Å². The number of nitrogens with one attached hydrogen (secondary N) is 1. The van der Waals surface area contributed by atoms with E-state index in [2.05, 4.69) is 12.2 Å².